The number of hydrogen-bond acceptors (Lipinski definition) is 4. The first-order valence-corrected chi connectivity index (χ1v) is 7.18. The maximum absolute atomic E-state index is 11.9. The Kier molecular flexibility index (Phi) is 4.93. The highest BCUT2D eigenvalue weighted by molar-refractivity contribution is 6.35. The van der Waals surface area contributed by atoms with Crippen molar-refractivity contribution >= 4 is 29.0 Å². The molecule has 1 aromatic heterocycles. The predicted octanol–water partition coefficient (Wildman–Crippen LogP) is 4.61. The number of benzene rings is 1. The number of pyridine rings is 1. The fourth-order valence-electron chi connectivity index (χ4n) is 1.94. The fourth-order valence-corrected chi connectivity index (χ4v) is 2.16. The maximum atomic E-state index is 11.9. The molecular weight excluding hydrogens is 300 g/mol. The van der Waals surface area contributed by atoms with Gasteiger partial charge in [-0.2, -0.15) is 0 Å². The predicted molar refractivity (Wildman–Crippen MR) is 89.2 cm³/mol. The van der Waals surface area contributed by atoms with Crippen molar-refractivity contribution in [1.29, 1.82) is 0 Å². The van der Waals surface area contributed by atoms with E-state index >= 15 is 0 Å². The molecule has 0 amide bonds. The van der Waals surface area contributed by atoms with E-state index in [-0.39, 0.29) is 10.7 Å². The van der Waals surface area contributed by atoms with Crippen molar-refractivity contribution < 1.29 is 9.53 Å². The molecule has 0 bridgehead atoms. The molecule has 0 N–H and O–H groups in total. The summed E-state index contributed by atoms with van der Waals surface area (Å²) in [5.74, 6) is -0.579. The van der Waals surface area contributed by atoms with Gasteiger partial charge in [-0.3, -0.25) is 4.99 Å². The Morgan fingerprint density at radius 2 is 1.86 bits per heavy atom. The van der Waals surface area contributed by atoms with Crippen molar-refractivity contribution in [2.75, 3.05) is 7.11 Å². The van der Waals surface area contributed by atoms with Gasteiger partial charge in [-0.25, -0.2) is 9.78 Å². The van der Waals surface area contributed by atoms with Crippen LogP contribution in [0.25, 0.3) is 11.3 Å². The molecule has 4 nitrogen and oxygen atoms in total. The summed E-state index contributed by atoms with van der Waals surface area (Å²) >= 11 is 6.24. The lowest BCUT2D eigenvalue weighted by Gasteiger charge is -2.09. The highest BCUT2D eigenvalue weighted by Gasteiger charge is 2.18. The first-order chi connectivity index (χ1) is 10.4. The Hall–Kier alpha value is -2.20. The average molecular weight is 317 g/mol. The van der Waals surface area contributed by atoms with Gasteiger partial charge in [-0.15, -0.1) is 0 Å². The molecule has 0 aliphatic heterocycles. The first kappa shape index (κ1) is 16.2. The zero-order valence-electron chi connectivity index (χ0n) is 13.0. The number of aliphatic imine (C=N–C) groups is 1. The summed E-state index contributed by atoms with van der Waals surface area (Å²) in [6, 6.07) is 9.62. The van der Waals surface area contributed by atoms with Gasteiger partial charge in [0.25, 0.3) is 0 Å². The molecule has 0 radical (unpaired) electrons. The number of carbonyl (C=O) groups is 1. The molecule has 2 aromatic rings. The number of aryl methyl sites for hydroxylation is 1. The minimum atomic E-state index is -0.579. The van der Waals surface area contributed by atoms with Crippen molar-refractivity contribution in [3.63, 3.8) is 0 Å². The van der Waals surface area contributed by atoms with Crippen molar-refractivity contribution in [2.24, 2.45) is 4.99 Å². The topological polar surface area (TPSA) is 51.5 Å². The molecular formula is C17H17ClN2O2. The standard InChI is InChI=1S/C17H17ClN2O2/c1-10(2)19-14-9-13(12-7-5-11(3)6-8-12)20-16(15(14)18)17(21)22-4/h5-9H,1-4H3. The number of hydrogen-bond donors (Lipinski definition) is 0. The SMILES string of the molecule is COC(=O)c1nc(-c2ccc(C)cc2)cc(N=C(C)C)c1Cl. The molecule has 22 heavy (non-hydrogen) atoms. The van der Waals surface area contributed by atoms with Crippen LogP contribution < -0.4 is 0 Å². The molecule has 1 heterocycles. The van der Waals surface area contributed by atoms with E-state index in [0.29, 0.717) is 11.4 Å². The fraction of sp³-hybridized carbons (Fsp3) is 0.235. The molecule has 0 fully saturated rings. The lowest BCUT2D eigenvalue weighted by atomic mass is 10.1. The van der Waals surface area contributed by atoms with Crippen LogP contribution in [-0.2, 0) is 4.74 Å². The van der Waals surface area contributed by atoms with Crippen LogP contribution >= 0.6 is 11.6 Å². The number of rotatable bonds is 3. The normalized spacial score (nSPS) is 10.2. The Balaban J connectivity index is 2.66. The van der Waals surface area contributed by atoms with Gasteiger partial charge in [0.05, 0.1) is 23.5 Å². The van der Waals surface area contributed by atoms with Crippen LogP contribution in [-0.4, -0.2) is 23.8 Å². The summed E-state index contributed by atoms with van der Waals surface area (Å²) in [6.07, 6.45) is 0. The van der Waals surface area contributed by atoms with E-state index in [2.05, 4.69) is 9.98 Å². The Morgan fingerprint density at radius 1 is 1.23 bits per heavy atom. The molecule has 0 saturated heterocycles. The van der Waals surface area contributed by atoms with Crippen LogP contribution in [0.5, 0.6) is 0 Å². The number of esters is 1. The third-order valence-electron chi connectivity index (χ3n) is 3.01. The van der Waals surface area contributed by atoms with E-state index in [1.54, 1.807) is 6.07 Å². The molecule has 0 atom stereocenters. The molecule has 0 aliphatic rings. The maximum Gasteiger partial charge on any atom is 0.358 e. The molecule has 0 aliphatic carbocycles. The summed E-state index contributed by atoms with van der Waals surface area (Å²) in [5, 5.41) is 0.198. The lowest BCUT2D eigenvalue weighted by Crippen LogP contribution is -2.06. The molecule has 2 rings (SSSR count). The van der Waals surface area contributed by atoms with Crippen LogP contribution in [0.3, 0.4) is 0 Å². The number of nitrogens with zero attached hydrogens (tertiary/aromatic N) is 2. The van der Waals surface area contributed by atoms with Gasteiger partial charge < -0.3 is 4.74 Å². The van der Waals surface area contributed by atoms with Crippen LogP contribution in [0.2, 0.25) is 5.02 Å². The zero-order chi connectivity index (χ0) is 16.3. The molecule has 114 valence electrons. The first-order valence-electron chi connectivity index (χ1n) is 6.80. The molecule has 0 unspecified atom stereocenters. The second kappa shape index (κ2) is 6.71. The second-order valence-corrected chi connectivity index (χ2v) is 5.48. The van der Waals surface area contributed by atoms with E-state index in [9.17, 15) is 4.79 Å². The van der Waals surface area contributed by atoms with Gasteiger partial charge in [0.1, 0.15) is 0 Å². The lowest BCUT2D eigenvalue weighted by molar-refractivity contribution is 0.0594. The van der Waals surface area contributed by atoms with Crippen molar-refractivity contribution in [3.8, 4) is 11.3 Å². The Labute approximate surface area is 134 Å². The van der Waals surface area contributed by atoms with Crippen LogP contribution in [0.1, 0.15) is 29.9 Å². The molecule has 0 spiro atoms. The van der Waals surface area contributed by atoms with Gasteiger partial charge >= 0.3 is 5.97 Å². The van der Waals surface area contributed by atoms with Gasteiger partial charge in [0, 0.05) is 11.3 Å². The number of carbonyl (C=O) groups excluding carboxylic acids is 1. The van der Waals surface area contributed by atoms with Crippen molar-refractivity contribution in [1.82, 2.24) is 4.98 Å². The van der Waals surface area contributed by atoms with E-state index < -0.39 is 5.97 Å². The minimum absolute atomic E-state index is 0.0715. The summed E-state index contributed by atoms with van der Waals surface area (Å²) in [7, 11) is 1.30. The third-order valence-corrected chi connectivity index (χ3v) is 3.38. The zero-order valence-corrected chi connectivity index (χ0v) is 13.7. The number of aromatic nitrogens is 1. The third kappa shape index (κ3) is 3.52. The summed E-state index contributed by atoms with van der Waals surface area (Å²) in [5.41, 5.74) is 4.07. The number of methoxy groups -OCH3 is 1. The quantitative estimate of drug-likeness (QED) is 0.613. The number of ether oxygens (including phenoxy) is 1. The van der Waals surface area contributed by atoms with Gasteiger partial charge in [-0.1, -0.05) is 41.4 Å². The minimum Gasteiger partial charge on any atom is -0.464 e. The molecule has 0 saturated carbocycles. The Bertz CT molecular complexity index is 733. The average Bonchev–Trinajstić information content (AvgIpc) is 2.49. The van der Waals surface area contributed by atoms with Crippen molar-refractivity contribution in [2.45, 2.75) is 20.8 Å². The van der Waals surface area contributed by atoms with E-state index in [0.717, 1.165) is 16.8 Å². The van der Waals surface area contributed by atoms with Crippen molar-refractivity contribution in [3.05, 3.63) is 46.6 Å². The van der Waals surface area contributed by atoms with Gasteiger partial charge in [-0.05, 0) is 26.8 Å². The van der Waals surface area contributed by atoms with E-state index in [4.69, 9.17) is 16.3 Å². The summed E-state index contributed by atoms with van der Waals surface area (Å²) in [6.45, 7) is 5.73. The van der Waals surface area contributed by atoms with Gasteiger partial charge in [0.15, 0.2) is 5.69 Å². The highest BCUT2D eigenvalue weighted by atomic mass is 35.5. The van der Waals surface area contributed by atoms with Crippen LogP contribution in [0.4, 0.5) is 5.69 Å². The smallest absolute Gasteiger partial charge is 0.358 e. The molecule has 1 aromatic carbocycles. The monoisotopic (exact) mass is 316 g/mol. The Morgan fingerprint density at radius 3 is 2.41 bits per heavy atom. The second-order valence-electron chi connectivity index (χ2n) is 5.11. The summed E-state index contributed by atoms with van der Waals surface area (Å²) in [4.78, 5) is 20.6. The largest absolute Gasteiger partial charge is 0.464 e. The highest BCUT2D eigenvalue weighted by Crippen LogP contribution is 2.32. The van der Waals surface area contributed by atoms with E-state index in [1.165, 1.54) is 7.11 Å². The molecule has 5 heteroatoms. The van der Waals surface area contributed by atoms with Gasteiger partial charge in [0.2, 0.25) is 0 Å². The van der Waals surface area contributed by atoms with Crippen LogP contribution in [0, 0.1) is 6.92 Å². The number of halogens is 1. The van der Waals surface area contributed by atoms with E-state index in [1.807, 2.05) is 45.0 Å². The van der Waals surface area contributed by atoms with Crippen LogP contribution in [0.15, 0.2) is 35.3 Å². The summed E-state index contributed by atoms with van der Waals surface area (Å²) < 4.78 is 4.75.